The van der Waals surface area contributed by atoms with Crippen molar-refractivity contribution in [2.45, 2.75) is 6.04 Å². The Morgan fingerprint density at radius 1 is 1.38 bits per heavy atom. The van der Waals surface area contributed by atoms with E-state index in [9.17, 15) is 14.4 Å². The van der Waals surface area contributed by atoms with Crippen molar-refractivity contribution in [3.63, 3.8) is 0 Å². The summed E-state index contributed by atoms with van der Waals surface area (Å²) in [4.78, 5) is 35.5. The molecule has 8 heteroatoms. The molecule has 1 atom stereocenters. The molecular formula is C13H15N3O5. The van der Waals surface area contributed by atoms with E-state index in [1.807, 2.05) is 0 Å². The van der Waals surface area contributed by atoms with Gasteiger partial charge in [0.15, 0.2) is 6.04 Å². The average molecular weight is 293 g/mol. The molecule has 1 aliphatic heterocycles. The smallest absolute Gasteiger partial charge is 0.328 e. The van der Waals surface area contributed by atoms with Gasteiger partial charge in [-0.25, -0.2) is 9.59 Å². The van der Waals surface area contributed by atoms with Crippen LogP contribution in [0.5, 0.6) is 0 Å². The van der Waals surface area contributed by atoms with E-state index in [1.165, 1.54) is 17.0 Å². The number of carbonyl (C=O) groups is 3. The van der Waals surface area contributed by atoms with E-state index in [0.717, 1.165) is 0 Å². The summed E-state index contributed by atoms with van der Waals surface area (Å²) in [6.45, 7) is 0.404. The number of carboxylic acid groups (broad SMARTS) is 1. The van der Waals surface area contributed by atoms with Crippen LogP contribution in [0.3, 0.4) is 0 Å². The van der Waals surface area contributed by atoms with Gasteiger partial charge in [0.05, 0.1) is 13.2 Å². The molecule has 0 saturated carbocycles. The van der Waals surface area contributed by atoms with E-state index in [0.29, 0.717) is 5.69 Å². The first-order valence-corrected chi connectivity index (χ1v) is 6.27. The zero-order valence-corrected chi connectivity index (χ0v) is 11.1. The van der Waals surface area contributed by atoms with E-state index in [-0.39, 0.29) is 25.3 Å². The molecule has 1 aliphatic rings. The van der Waals surface area contributed by atoms with Crippen molar-refractivity contribution < 1.29 is 24.2 Å². The lowest BCUT2D eigenvalue weighted by Crippen LogP contribution is -2.53. The van der Waals surface area contributed by atoms with Crippen LogP contribution in [0.2, 0.25) is 0 Å². The third-order valence-corrected chi connectivity index (χ3v) is 3.07. The number of amides is 3. The number of primary amides is 1. The molecule has 0 bridgehead atoms. The van der Waals surface area contributed by atoms with E-state index in [4.69, 9.17) is 15.6 Å². The summed E-state index contributed by atoms with van der Waals surface area (Å²) >= 11 is 0. The van der Waals surface area contributed by atoms with Crippen molar-refractivity contribution in [3.05, 3.63) is 29.8 Å². The number of ether oxygens (including phenoxy) is 1. The van der Waals surface area contributed by atoms with Gasteiger partial charge >= 0.3 is 12.0 Å². The van der Waals surface area contributed by atoms with Crippen LogP contribution in [0.4, 0.5) is 10.5 Å². The zero-order chi connectivity index (χ0) is 15.4. The molecule has 0 radical (unpaired) electrons. The van der Waals surface area contributed by atoms with Crippen molar-refractivity contribution in [2.24, 2.45) is 5.73 Å². The van der Waals surface area contributed by atoms with Crippen LogP contribution >= 0.6 is 0 Å². The van der Waals surface area contributed by atoms with Crippen molar-refractivity contribution in [1.82, 2.24) is 4.90 Å². The van der Waals surface area contributed by atoms with E-state index in [2.05, 4.69) is 5.32 Å². The second kappa shape index (κ2) is 6.23. The first kappa shape index (κ1) is 14.8. The molecule has 0 aliphatic carbocycles. The molecule has 112 valence electrons. The highest BCUT2D eigenvalue weighted by Gasteiger charge is 2.32. The highest BCUT2D eigenvalue weighted by Crippen LogP contribution is 2.14. The van der Waals surface area contributed by atoms with Crippen molar-refractivity contribution in [1.29, 1.82) is 0 Å². The number of morpholine rings is 1. The van der Waals surface area contributed by atoms with Gasteiger partial charge in [-0.15, -0.1) is 0 Å². The maximum absolute atomic E-state index is 12.1. The molecule has 0 aromatic heterocycles. The Morgan fingerprint density at radius 3 is 2.81 bits per heavy atom. The number of hydrogen-bond donors (Lipinski definition) is 3. The summed E-state index contributed by atoms with van der Waals surface area (Å²) < 4.78 is 5.06. The maximum atomic E-state index is 12.1. The van der Waals surface area contributed by atoms with Crippen molar-refractivity contribution in [2.75, 3.05) is 25.1 Å². The van der Waals surface area contributed by atoms with Gasteiger partial charge < -0.3 is 25.8 Å². The molecule has 1 aromatic carbocycles. The number of aliphatic carboxylic acids is 1. The molecular weight excluding hydrogens is 278 g/mol. The topological polar surface area (TPSA) is 122 Å². The Kier molecular flexibility index (Phi) is 4.39. The first-order valence-electron chi connectivity index (χ1n) is 6.27. The SMILES string of the molecule is NC(=O)c1cccc(NC(=O)N2CCOCC2C(=O)O)c1. The summed E-state index contributed by atoms with van der Waals surface area (Å²) in [5.41, 5.74) is 5.78. The van der Waals surface area contributed by atoms with Crippen LogP contribution in [0.25, 0.3) is 0 Å². The van der Waals surface area contributed by atoms with Gasteiger partial charge in [0.25, 0.3) is 0 Å². The molecule has 3 amide bonds. The molecule has 4 N–H and O–H groups in total. The Balaban J connectivity index is 2.11. The number of urea groups is 1. The molecule has 1 saturated heterocycles. The minimum absolute atomic E-state index is 0.0515. The summed E-state index contributed by atoms with van der Waals surface area (Å²) in [5.74, 6) is -1.74. The van der Waals surface area contributed by atoms with Crippen molar-refractivity contribution in [3.8, 4) is 0 Å². The van der Waals surface area contributed by atoms with E-state index < -0.39 is 23.9 Å². The summed E-state index contributed by atoms with van der Waals surface area (Å²) in [5, 5.41) is 11.6. The Morgan fingerprint density at radius 2 is 2.14 bits per heavy atom. The van der Waals surface area contributed by atoms with Gasteiger partial charge in [-0.1, -0.05) is 6.07 Å². The predicted molar refractivity (Wildman–Crippen MR) is 72.9 cm³/mol. The number of nitrogens with zero attached hydrogens (tertiary/aromatic N) is 1. The second-order valence-corrected chi connectivity index (χ2v) is 4.50. The second-order valence-electron chi connectivity index (χ2n) is 4.50. The van der Waals surface area contributed by atoms with Crippen LogP contribution in [0.15, 0.2) is 24.3 Å². The van der Waals surface area contributed by atoms with E-state index in [1.54, 1.807) is 12.1 Å². The normalized spacial score (nSPS) is 18.1. The van der Waals surface area contributed by atoms with Gasteiger partial charge in [-0.05, 0) is 18.2 Å². The molecule has 2 rings (SSSR count). The molecule has 0 spiro atoms. The molecule has 8 nitrogen and oxygen atoms in total. The summed E-state index contributed by atoms with van der Waals surface area (Å²) in [6, 6.07) is 4.51. The van der Waals surface area contributed by atoms with Crippen LogP contribution in [0, 0.1) is 0 Å². The molecule has 1 unspecified atom stereocenters. The number of nitrogens with two attached hydrogens (primary N) is 1. The van der Waals surface area contributed by atoms with Crippen molar-refractivity contribution >= 4 is 23.6 Å². The molecule has 1 aromatic rings. The average Bonchev–Trinajstić information content (AvgIpc) is 2.47. The van der Waals surface area contributed by atoms with Crippen LogP contribution < -0.4 is 11.1 Å². The number of hydrogen-bond acceptors (Lipinski definition) is 4. The number of anilines is 1. The quantitative estimate of drug-likeness (QED) is 0.729. The van der Waals surface area contributed by atoms with Crippen LogP contribution in [0.1, 0.15) is 10.4 Å². The van der Waals surface area contributed by atoms with Crippen LogP contribution in [-0.4, -0.2) is 53.7 Å². The van der Waals surface area contributed by atoms with E-state index >= 15 is 0 Å². The number of rotatable bonds is 3. The van der Waals surface area contributed by atoms with Gasteiger partial charge in [-0.3, -0.25) is 4.79 Å². The number of carbonyl (C=O) groups excluding carboxylic acids is 2. The van der Waals surface area contributed by atoms with Gasteiger partial charge in [0.2, 0.25) is 5.91 Å². The Labute approximate surface area is 120 Å². The first-order chi connectivity index (χ1) is 9.99. The van der Waals surface area contributed by atoms with Gasteiger partial charge in [0.1, 0.15) is 0 Å². The maximum Gasteiger partial charge on any atom is 0.328 e. The number of nitrogens with one attached hydrogen (secondary N) is 1. The lowest BCUT2D eigenvalue weighted by Gasteiger charge is -2.32. The predicted octanol–water partition coefficient (Wildman–Crippen LogP) is 0.103. The molecule has 1 heterocycles. The fourth-order valence-corrected chi connectivity index (χ4v) is 2.00. The minimum atomic E-state index is -1.13. The zero-order valence-electron chi connectivity index (χ0n) is 11.1. The summed E-state index contributed by atoms with van der Waals surface area (Å²) in [6.07, 6.45) is 0. The number of benzene rings is 1. The largest absolute Gasteiger partial charge is 0.480 e. The standard InChI is InChI=1S/C13H15N3O5/c14-11(17)8-2-1-3-9(6-8)15-13(20)16-4-5-21-7-10(16)12(18)19/h1-3,6,10H,4-5,7H2,(H2,14,17)(H,15,20)(H,18,19). The third kappa shape index (κ3) is 3.48. The van der Waals surface area contributed by atoms with Gasteiger partial charge in [0, 0.05) is 17.8 Å². The van der Waals surface area contributed by atoms with Crippen LogP contribution in [-0.2, 0) is 9.53 Å². The highest BCUT2D eigenvalue weighted by atomic mass is 16.5. The Hall–Kier alpha value is -2.61. The lowest BCUT2D eigenvalue weighted by atomic mass is 10.2. The molecule has 1 fully saturated rings. The molecule has 21 heavy (non-hydrogen) atoms. The highest BCUT2D eigenvalue weighted by molar-refractivity contribution is 5.96. The third-order valence-electron chi connectivity index (χ3n) is 3.07. The lowest BCUT2D eigenvalue weighted by molar-refractivity contribution is -0.147. The number of carboxylic acids is 1. The minimum Gasteiger partial charge on any atom is -0.480 e. The Bertz CT molecular complexity index is 575. The summed E-state index contributed by atoms with van der Waals surface area (Å²) in [7, 11) is 0. The monoisotopic (exact) mass is 293 g/mol. The van der Waals surface area contributed by atoms with Gasteiger partial charge in [-0.2, -0.15) is 0 Å². The fraction of sp³-hybridized carbons (Fsp3) is 0.308. The fourth-order valence-electron chi connectivity index (χ4n) is 2.00.